The van der Waals surface area contributed by atoms with Crippen LogP contribution in [0.15, 0.2) is 0 Å². The van der Waals surface area contributed by atoms with Crippen LogP contribution in [0.5, 0.6) is 0 Å². The smallest absolute Gasteiger partial charge is 0.326 e. The van der Waals surface area contributed by atoms with E-state index in [1.807, 2.05) is 0 Å². The topological polar surface area (TPSA) is 99.1 Å². The Hall–Kier alpha value is -1.34. The molecule has 1 aliphatic rings. The Morgan fingerprint density at radius 1 is 1.53 bits per heavy atom. The third-order valence-electron chi connectivity index (χ3n) is 3.22. The van der Waals surface area contributed by atoms with Gasteiger partial charge in [0.25, 0.3) is 0 Å². The summed E-state index contributed by atoms with van der Waals surface area (Å²) in [5, 5.41) is 20.1. The molecule has 2 amide bonds. The molecule has 0 spiro atoms. The average Bonchev–Trinajstić information content (AvgIpc) is 2.38. The van der Waals surface area contributed by atoms with E-state index in [4.69, 9.17) is 14.9 Å². The molecule has 19 heavy (non-hydrogen) atoms. The Morgan fingerprint density at radius 3 is 2.84 bits per heavy atom. The van der Waals surface area contributed by atoms with E-state index in [9.17, 15) is 9.59 Å². The van der Waals surface area contributed by atoms with Crippen LogP contribution in [0.1, 0.15) is 19.3 Å². The van der Waals surface area contributed by atoms with Crippen LogP contribution in [-0.4, -0.2) is 66.6 Å². The minimum absolute atomic E-state index is 0.0103. The van der Waals surface area contributed by atoms with Crippen molar-refractivity contribution in [2.24, 2.45) is 5.92 Å². The highest BCUT2D eigenvalue weighted by atomic mass is 16.5. The molecule has 2 atom stereocenters. The highest BCUT2D eigenvalue weighted by Gasteiger charge is 2.27. The number of amides is 2. The fourth-order valence-corrected chi connectivity index (χ4v) is 2.25. The van der Waals surface area contributed by atoms with E-state index < -0.39 is 12.0 Å². The van der Waals surface area contributed by atoms with Crippen molar-refractivity contribution in [1.29, 1.82) is 0 Å². The van der Waals surface area contributed by atoms with Crippen molar-refractivity contribution in [1.82, 2.24) is 10.2 Å². The molecular formula is C12H22N2O5. The van der Waals surface area contributed by atoms with E-state index in [-0.39, 0.29) is 19.1 Å². The number of piperidine rings is 1. The summed E-state index contributed by atoms with van der Waals surface area (Å²) in [4.78, 5) is 24.5. The van der Waals surface area contributed by atoms with Crippen LogP contribution in [0.25, 0.3) is 0 Å². The summed E-state index contributed by atoms with van der Waals surface area (Å²) in [7, 11) is 1.63. The predicted molar refractivity (Wildman–Crippen MR) is 67.8 cm³/mol. The lowest BCUT2D eigenvalue weighted by molar-refractivity contribution is -0.139. The Kier molecular flexibility index (Phi) is 6.58. The van der Waals surface area contributed by atoms with Crippen molar-refractivity contribution >= 4 is 12.0 Å². The summed E-state index contributed by atoms with van der Waals surface area (Å²) in [5.41, 5.74) is 0. The lowest BCUT2D eigenvalue weighted by Gasteiger charge is -2.33. The normalized spacial score (nSPS) is 20.9. The molecule has 2 unspecified atom stereocenters. The molecule has 0 radical (unpaired) electrons. The molecule has 1 fully saturated rings. The van der Waals surface area contributed by atoms with E-state index >= 15 is 0 Å². The van der Waals surface area contributed by atoms with Crippen molar-refractivity contribution < 1.29 is 24.5 Å². The highest BCUT2D eigenvalue weighted by Crippen LogP contribution is 2.16. The Morgan fingerprint density at radius 2 is 2.26 bits per heavy atom. The molecule has 1 saturated heterocycles. The quantitative estimate of drug-likeness (QED) is 0.627. The number of aliphatic carboxylic acids is 1. The number of carbonyl (C=O) groups is 2. The van der Waals surface area contributed by atoms with Gasteiger partial charge in [-0.15, -0.1) is 0 Å². The zero-order valence-corrected chi connectivity index (χ0v) is 11.2. The Bertz CT molecular complexity index is 308. The number of hydrogen-bond donors (Lipinski definition) is 3. The molecule has 1 heterocycles. The fourth-order valence-electron chi connectivity index (χ4n) is 2.25. The Labute approximate surface area is 112 Å². The maximum atomic E-state index is 12.0. The van der Waals surface area contributed by atoms with Crippen LogP contribution in [0, 0.1) is 5.92 Å². The molecule has 0 aromatic carbocycles. The van der Waals surface area contributed by atoms with E-state index in [0.29, 0.717) is 25.6 Å². The van der Waals surface area contributed by atoms with Crippen LogP contribution in [0.4, 0.5) is 4.79 Å². The van der Waals surface area contributed by atoms with Gasteiger partial charge in [0, 0.05) is 39.1 Å². The number of carboxylic acid groups (broad SMARTS) is 1. The van der Waals surface area contributed by atoms with Gasteiger partial charge in [0.1, 0.15) is 6.04 Å². The molecule has 3 N–H and O–H groups in total. The summed E-state index contributed by atoms with van der Waals surface area (Å²) in [6, 6.07) is -1.43. The second-order valence-corrected chi connectivity index (χ2v) is 4.76. The number of nitrogens with zero attached hydrogens (tertiary/aromatic N) is 1. The molecule has 0 saturated carbocycles. The highest BCUT2D eigenvalue weighted by molar-refractivity contribution is 5.82. The molecule has 7 nitrogen and oxygen atoms in total. The number of aliphatic hydroxyl groups is 1. The number of nitrogens with one attached hydrogen (secondary N) is 1. The monoisotopic (exact) mass is 274 g/mol. The first-order valence-electron chi connectivity index (χ1n) is 6.46. The van der Waals surface area contributed by atoms with Gasteiger partial charge in [-0.25, -0.2) is 9.59 Å². The van der Waals surface area contributed by atoms with Crippen molar-refractivity contribution in [3.8, 4) is 0 Å². The number of methoxy groups -OCH3 is 1. The summed E-state index contributed by atoms with van der Waals surface area (Å²) < 4.78 is 5.08. The largest absolute Gasteiger partial charge is 0.480 e. The number of urea groups is 1. The second kappa shape index (κ2) is 7.96. The van der Waals surface area contributed by atoms with Crippen LogP contribution in [-0.2, 0) is 9.53 Å². The van der Waals surface area contributed by atoms with Gasteiger partial charge in [0.2, 0.25) is 0 Å². The molecule has 1 aliphatic heterocycles. The maximum absolute atomic E-state index is 12.0. The Balaban J connectivity index is 2.49. The number of rotatable bonds is 6. The van der Waals surface area contributed by atoms with E-state index in [1.165, 1.54) is 0 Å². The summed E-state index contributed by atoms with van der Waals surface area (Å²) in [5.74, 6) is -0.835. The van der Waals surface area contributed by atoms with E-state index in [2.05, 4.69) is 5.32 Å². The summed E-state index contributed by atoms with van der Waals surface area (Å²) in [6.45, 7) is 1.52. The molecule has 7 heteroatoms. The number of carbonyl (C=O) groups excluding carboxylic acids is 1. The first-order valence-corrected chi connectivity index (χ1v) is 6.46. The van der Waals surface area contributed by atoms with Gasteiger partial charge < -0.3 is 25.2 Å². The minimum Gasteiger partial charge on any atom is -0.480 e. The van der Waals surface area contributed by atoms with Crippen molar-refractivity contribution in [2.75, 3.05) is 33.4 Å². The number of likely N-dealkylation sites (tertiary alicyclic amines) is 1. The van der Waals surface area contributed by atoms with Crippen LogP contribution >= 0.6 is 0 Å². The van der Waals surface area contributed by atoms with Gasteiger partial charge >= 0.3 is 12.0 Å². The standard InChI is InChI=1S/C12H22N2O5/c1-19-8-9-3-2-5-14(7-9)12(18)13-10(4-6-15)11(16)17/h9-10,15H,2-8H2,1H3,(H,13,18)(H,16,17). The third-order valence-corrected chi connectivity index (χ3v) is 3.22. The van der Waals surface area contributed by atoms with Gasteiger partial charge in [-0.3, -0.25) is 0 Å². The van der Waals surface area contributed by atoms with E-state index in [1.54, 1.807) is 12.0 Å². The molecule has 0 aromatic heterocycles. The van der Waals surface area contributed by atoms with Crippen molar-refractivity contribution in [3.63, 3.8) is 0 Å². The molecular weight excluding hydrogens is 252 g/mol. The van der Waals surface area contributed by atoms with Crippen LogP contribution in [0.3, 0.4) is 0 Å². The number of carboxylic acids is 1. The summed E-state index contributed by atoms with van der Waals surface area (Å²) in [6.07, 6.45) is 1.91. The van der Waals surface area contributed by atoms with Gasteiger partial charge in [0.15, 0.2) is 0 Å². The van der Waals surface area contributed by atoms with Gasteiger partial charge in [-0.2, -0.15) is 0 Å². The number of aliphatic hydroxyl groups excluding tert-OH is 1. The number of hydrogen-bond acceptors (Lipinski definition) is 4. The average molecular weight is 274 g/mol. The third kappa shape index (κ3) is 5.04. The van der Waals surface area contributed by atoms with Crippen LogP contribution in [0.2, 0.25) is 0 Å². The van der Waals surface area contributed by atoms with Gasteiger partial charge in [-0.05, 0) is 12.8 Å². The van der Waals surface area contributed by atoms with Crippen molar-refractivity contribution in [2.45, 2.75) is 25.3 Å². The SMILES string of the molecule is COCC1CCCN(C(=O)NC(CCO)C(=O)O)C1. The molecule has 0 aliphatic carbocycles. The summed E-state index contributed by atoms with van der Waals surface area (Å²) >= 11 is 0. The lowest BCUT2D eigenvalue weighted by Crippen LogP contribution is -2.51. The molecule has 0 aromatic rings. The maximum Gasteiger partial charge on any atom is 0.326 e. The number of ether oxygens (including phenoxy) is 1. The molecule has 1 rings (SSSR count). The first kappa shape index (κ1) is 15.7. The van der Waals surface area contributed by atoms with Crippen LogP contribution < -0.4 is 5.32 Å². The zero-order valence-electron chi connectivity index (χ0n) is 11.2. The predicted octanol–water partition coefficient (Wildman–Crippen LogP) is -0.110. The molecule has 0 bridgehead atoms. The van der Waals surface area contributed by atoms with E-state index in [0.717, 1.165) is 12.8 Å². The first-order chi connectivity index (χ1) is 9.08. The molecule has 110 valence electrons. The second-order valence-electron chi connectivity index (χ2n) is 4.76. The lowest BCUT2D eigenvalue weighted by atomic mass is 9.99. The van der Waals surface area contributed by atoms with Crippen molar-refractivity contribution in [3.05, 3.63) is 0 Å². The van der Waals surface area contributed by atoms with Gasteiger partial charge in [0.05, 0.1) is 6.61 Å². The minimum atomic E-state index is -1.13. The fraction of sp³-hybridized carbons (Fsp3) is 0.833. The van der Waals surface area contributed by atoms with Gasteiger partial charge in [-0.1, -0.05) is 0 Å². The zero-order chi connectivity index (χ0) is 14.3.